The van der Waals surface area contributed by atoms with Crippen LogP contribution in [0, 0.1) is 11.8 Å². The van der Waals surface area contributed by atoms with E-state index in [1.165, 1.54) is 32.1 Å². The van der Waals surface area contributed by atoms with Crippen LogP contribution in [0.25, 0.3) is 0 Å². The first-order valence-electron chi connectivity index (χ1n) is 9.05. The Bertz CT molecular complexity index is 251. The summed E-state index contributed by atoms with van der Waals surface area (Å²) >= 11 is 0. The summed E-state index contributed by atoms with van der Waals surface area (Å²) in [5.74, 6) is 3.11. The van der Waals surface area contributed by atoms with Gasteiger partial charge in [-0.3, -0.25) is 0 Å². The van der Waals surface area contributed by atoms with Crippen LogP contribution in [0.2, 0.25) is 11.6 Å². The first-order chi connectivity index (χ1) is 9.36. The standard InChI is InChI=1S/C19H39B/c1-9-11-13-19(14-12-10-2)20(17(7)15(3)4)18(8)16(5)6/h13,15-18H,9-12,14H2,1-8H3/b19-13+. The Hall–Kier alpha value is -0.195. The highest BCUT2D eigenvalue weighted by Gasteiger charge is 2.33. The van der Waals surface area contributed by atoms with E-state index in [0.29, 0.717) is 0 Å². The zero-order valence-electron chi connectivity index (χ0n) is 15.5. The molecule has 0 aliphatic carbocycles. The van der Waals surface area contributed by atoms with E-state index < -0.39 is 0 Å². The number of rotatable bonds is 10. The molecule has 0 spiro atoms. The van der Waals surface area contributed by atoms with Gasteiger partial charge in [0.15, 0.2) is 6.71 Å². The van der Waals surface area contributed by atoms with Crippen molar-refractivity contribution in [2.45, 2.75) is 99.1 Å². The van der Waals surface area contributed by atoms with Crippen LogP contribution in [0.5, 0.6) is 0 Å². The van der Waals surface area contributed by atoms with Crippen molar-refractivity contribution in [3.63, 3.8) is 0 Å². The van der Waals surface area contributed by atoms with Gasteiger partial charge in [0, 0.05) is 0 Å². The van der Waals surface area contributed by atoms with E-state index in [4.69, 9.17) is 0 Å². The van der Waals surface area contributed by atoms with Crippen molar-refractivity contribution < 1.29 is 0 Å². The predicted octanol–water partition coefficient (Wildman–Crippen LogP) is 7.03. The number of hydrogen-bond acceptors (Lipinski definition) is 0. The van der Waals surface area contributed by atoms with E-state index >= 15 is 0 Å². The van der Waals surface area contributed by atoms with Gasteiger partial charge in [0.1, 0.15) is 0 Å². The second kappa shape index (κ2) is 10.5. The largest absolute Gasteiger partial charge is 0.176 e. The van der Waals surface area contributed by atoms with Crippen LogP contribution in [0.3, 0.4) is 0 Å². The molecule has 0 amide bonds. The summed E-state index contributed by atoms with van der Waals surface area (Å²) in [5.41, 5.74) is 1.76. The van der Waals surface area contributed by atoms with Gasteiger partial charge >= 0.3 is 0 Å². The maximum atomic E-state index is 2.58. The van der Waals surface area contributed by atoms with Crippen LogP contribution in [-0.2, 0) is 0 Å². The molecule has 118 valence electrons. The fourth-order valence-electron chi connectivity index (χ4n) is 3.10. The summed E-state index contributed by atoms with van der Waals surface area (Å²) in [6.45, 7) is 19.9. The molecule has 0 fully saturated rings. The van der Waals surface area contributed by atoms with Gasteiger partial charge in [0.25, 0.3) is 0 Å². The molecule has 20 heavy (non-hydrogen) atoms. The summed E-state index contributed by atoms with van der Waals surface area (Å²) in [6, 6.07) is 0. The van der Waals surface area contributed by atoms with Crippen molar-refractivity contribution in [3.8, 4) is 0 Å². The molecule has 0 aromatic heterocycles. The van der Waals surface area contributed by atoms with Gasteiger partial charge < -0.3 is 0 Å². The highest BCUT2D eigenvalue weighted by atomic mass is 14.2. The zero-order chi connectivity index (χ0) is 15.7. The molecule has 0 aromatic rings. The molecule has 0 N–H and O–H groups in total. The van der Waals surface area contributed by atoms with Gasteiger partial charge in [0.2, 0.25) is 0 Å². The van der Waals surface area contributed by atoms with E-state index in [1.54, 1.807) is 5.47 Å². The SMILES string of the molecule is CCC/C=C(\CCCC)B(C(C)C(C)C)C(C)C(C)C. The lowest BCUT2D eigenvalue weighted by Crippen LogP contribution is -2.32. The zero-order valence-corrected chi connectivity index (χ0v) is 15.5. The molecule has 0 aliphatic heterocycles. The Labute approximate surface area is 129 Å². The van der Waals surface area contributed by atoms with Crippen LogP contribution in [0.1, 0.15) is 87.5 Å². The third kappa shape index (κ3) is 6.50. The van der Waals surface area contributed by atoms with Gasteiger partial charge in [-0.2, -0.15) is 0 Å². The normalized spacial score (nSPS) is 15.8. The van der Waals surface area contributed by atoms with Gasteiger partial charge in [-0.1, -0.05) is 104 Å². The van der Waals surface area contributed by atoms with Crippen molar-refractivity contribution in [3.05, 3.63) is 11.5 Å². The third-order valence-corrected chi connectivity index (χ3v) is 5.18. The van der Waals surface area contributed by atoms with E-state index in [2.05, 4.69) is 61.5 Å². The Morgan fingerprint density at radius 2 is 1.35 bits per heavy atom. The van der Waals surface area contributed by atoms with Gasteiger partial charge in [-0.05, 0) is 12.8 Å². The molecular formula is C19H39B. The van der Waals surface area contributed by atoms with Gasteiger partial charge in [-0.15, -0.1) is 5.47 Å². The first kappa shape index (κ1) is 19.8. The smallest absolute Gasteiger partial charge is 0.104 e. The van der Waals surface area contributed by atoms with E-state index in [-0.39, 0.29) is 0 Å². The van der Waals surface area contributed by atoms with Gasteiger partial charge in [-0.25, -0.2) is 0 Å². The highest BCUT2D eigenvalue weighted by molar-refractivity contribution is 6.69. The Morgan fingerprint density at radius 1 is 0.850 bits per heavy atom. The number of hydrogen-bond donors (Lipinski definition) is 0. The summed E-state index contributed by atoms with van der Waals surface area (Å²) in [4.78, 5) is 0. The Kier molecular flexibility index (Phi) is 10.4. The topological polar surface area (TPSA) is 0 Å². The third-order valence-electron chi connectivity index (χ3n) is 5.18. The van der Waals surface area contributed by atoms with Crippen LogP contribution in [-0.4, -0.2) is 6.71 Å². The molecule has 0 saturated heterocycles. The molecule has 2 atom stereocenters. The maximum absolute atomic E-state index is 2.58. The van der Waals surface area contributed by atoms with E-state index in [0.717, 1.165) is 30.2 Å². The Balaban J connectivity index is 5.27. The fourth-order valence-corrected chi connectivity index (χ4v) is 3.10. The van der Waals surface area contributed by atoms with Crippen molar-refractivity contribution in [2.24, 2.45) is 11.8 Å². The minimum absolute atomic E-state index is 0.771. The van der Waals surface area contributed by atoms with Crippen molar-refractivity contribution in [1.29, 1.82) is 0 Å². The Morgan fingerprint density at radius 3 is 1.70 bits per heavy atom. The molecular weight excluding hydrogens is 239 g/mol. The van der Waals surface area contributed by atoms with E-state index in [1.807, 2.05) is 0 Å². The second-order valence-corrected chi connectivity index (χ2v) is 7.40. The summed E-state index contributed by atoms with van der Waals surface area (Å²) in [7, 11) is 0. The van der Waals surface area contributed by atoms with Crippen LogP contribution in [0.15, 0.2) is 11.5 Å². The second-order valence-electron chi connectivity index (χ2n) is 7.40. The monoisotopic (exact) mass is 278 g/mol. The van der Waals surface area contributed by atoms with Crippen LogP contribution >= 0.6 is 0 Å². The van der Waals surface area contributed by atoms with Gasteiger partial charge in [0.05, 0.1) is 0 Å². The van der Waals surface area contributed by atoms with Crippen LogP contribution < -0.4 is 0 Å². The maximum Gasteiger partial charge on any atom is 0.176 e. The minimum Gasteiger partial charge on any atom is -0.104 e. The average molecular weight is 278 g/mol. The highest BCUT2D eigenvalue weighted by Crippen LogP contribution is 2.38. The average Bonchev–Trinajstić information content (AvgIpc) is 2.40. The van der Waals surface area contributed by atoms with Crippen molar-refractivity contribution >= 4 is 6.71 Å². The molecule has 0 nitrogen and oxygen atoms in total. The molecule has 0 aliphatic rings. The van der Waals surface area contributed by atoms with E-state index in [9.17, 15) is 0 Å². The molecule has 0 rings (SSSR count). The fraction of sp³-hybridized carbons (Fsp3) is 0.895. The quantitative estimate of drug-likeness (QED) is 0.376. The molecule has 0 saturated carbocycles. The lowest BCUT2D eigenvalue weighted by Gasteiger charge is -2.34. The molecule has 0 aromatic carbocycles. The lowest BCUT2D eigenvalue weighted by atomic mass is 9.27. The molecule has 1 heteroatoms. The summed E-state index contributed by atoms with van der Waals surface area (Å²) < 4.78 is 0. The molecule has 0 heterocycles. The summed E-state index contributed by atoms with van der Waals surface area (Å²) in [5, 5.41) is 0. The first-order valence-corrected chi connectivity index (χ1v) is 9.05. The van der Waals surface area contributed by atoms with Crippen LogP contribution in [0.4, 0.5) is 0 Å². The predicted molar refractivity (Wildman–Crippen MR) is 96.8 cm³/mol. The number of allylic oxidation sites excluding steroid dienone is 2. The molecule has 0 bridgehead atoms. The molecule has 0 radical (unpaired) electrons. The lowest BCUT2D eigenvalue weighted by molar-refractivity contribution is 0.562. The molecule has 2 unspecified atom stereocenters. The van der Waals surface area contributed by atoms with Crippen molar-refractivity contribution in [2.75, 3.05) is 0 Å². The van der Waals surface area contributed by atoms with Crippen molar-refractivity contribution in [1.82, 2.24) is 0 Å². The number of unbranched alkanes of at least 4 members (excludes halogenated alkanes) is 2. The minimum atomic E-state index is 0.771. The summed E-state index contributed by atoms with van der Waals surface area (Å²) in [6.07, 6.45) is 9.08.